The molecular formula is C10H19ClN2O4. The minimum absolute atomic E-state index is 0.199. The molecule has 3 N–H and O–H groups in total. The molecule has 6 nitrogen and oxygen atoms in total. The summed E-state index contributed by atoms with van der Waals surface area (Å²) in [6.07, 6.45) is 0. The van der Waals surface area contributed by atoms with Crippen molar-refractivity contribution < 1.29 is 19.4 Å². The number of aliphatic hydroxyl groups excluding tert-OH is 1. The predicted molar refractivity (Wildman–Crippen MR) is 63.1 cm³/mol. The molecule has 0 radical (unpaired) electrons. The highest BCUT2D eigenvalue weighted by atomic mass is 35.5. The number of rotatable bonds is 4. The molecule has 0 unspecified atom stereocenters. The number of amides is 2. The van der Waals surface area contributed by atoms with Gasteiger partial charge in [-0.05, 0) is 13.8 Å². The number of aliphatic hydroxyl groups is 1. The van der Waals surface area contributed by atoms with Crippen molar-refractivity contribution in [1.82, 2.24) is 10.6 Å². The zero-order valence-electron chi connectivity index (χ0n) is 10.1. The zero-order valence-corrected chi connectivity index (χ0v) is 10.8. The number of alkyl halides is 1. The number of ether oxygens (including phenoxy) is 2. The second kappa shape index (κ2) is 5.86. The van der Waals surface area contributed by atoms with Gasteiger partial charge in [0.2, 0.25) is 0 Å². The maximum atomic E-state index is 11.5. The number of carbonyl (C=O) groups excluding carboxylic acids is 1. The zero-order chi connectivity index (χ0) is 12.9. The van der Waals surface area contributed by atoms with Crippen molar-refractivity contribution >= 4 is 17.6 Å². The second-order valence-electron chi connectivity index (χ2n) is 4.49. The lowest BCUT2D eigenvalue weighted by Gasteiger charge is -2.42. The quantitative estimate of drug-likeness (QED) is 0.628. The molecule has 0 saturated carbocycles. The molecule has 0 aliphatic carbocycles. The highest BCUT2D eigenvalue weighted by Gasteiger charge is 2.40. The van der Waals surface area contributed by atoms with Gasteiger partial charge < -0.3 is 25.2 Å². The fourth-order valence-electron chi connectivity index (χ4n) is 1.36. The molecule has 0 aromatic rings. The van der Waals surface area contributed by atoms with Crippen LogP contribution in [0.1, 0.15) is 13.8 Å². The molecule has 1 fully saturated rings. The third kappa shape index (κ3) is 4.31. The number of halogens is 1. The molecule has 1 rings (SSSR count). The Bertz CT molecular complexity index is 263. The molecule has 2 amide bonds. The lowest BCUT2D eigenvalue weighted by atomic mass is 10.0. The molecule has 1 saturated heterocycles. The van der Waals surface area contributed by atoms with Gasteiger partial charge in [-0.3, -0.25) is 0 Å². The largest absolute Gasteiger partial charge is 0.394 e. The third-order valence-electron chi connectivity index (χ3n) is 2.45. The van der Waals surface area contributed by atoms with Crippen LogP contribution in [0.15, 0.2) is 0 Å². The topological polar surface area (TPSA) is 79.8 Å². The van der Waals surface area contributed by atoms with Crippen molar-refractivity contribution in [3.05, 3.63) is 0 Å². The van der Waals surface area contributed by atoms with Crippen molar-refractivity contribution in [2.24, 2.45) is 0 Å². The van der Waals surface area contributed by atoms with Crippen LogP contribution in [0.4, 0.5) is 4.79 Å². The lowest BCUT2D eigenvalue weighted by Crippen LogP contribution is -2.64. The summed E-state index contributed by atoms with van der Waals surface area (Å²) in [7, 11) is 0. The smallest absolute Gasteiger partial charge is 0.315 e. The molecule has 1 heterocycles. The first-order valence-electron chi connectivity index (χ1n) is 5.44. The molecule has 0 bridgehead atoms. The first-order chi connectivity index (χ1) is 7.93. The van der Waals surface area contributed by atoms with E-state index >= 15 is 0 Å². The van der Waals surface area contributed by atoms with Crippen LogP contribution in [-0.4, -0.2) is 54.7 Å². The Labute approximate surface area is 106 Å². The van der Waals surface area contributed by atoms with Crippen molar-refractivity contribution in [2.75, 3.05) is 32.2 Å². The number of hydrogen-bond donors (Lipinski definition) is 3. The average Bonchev–Trinajstić information content (AvgIpc) is 2.30. The summed E-state index contributed by atoms with van der Waals surface area (Å²) in [5.74, 6) is -0.355. The van der Waals surface area contributed by atoms with Crippen LogP contribution in [0, 0.1) is 0 Å². The lowest BCUT2D eigenvalue weighted by molar-refractivity contribution is -0.273. The van der Waals surface area contributed by atoms with Crippen LogP contribution in [0.3, 0.4) is 0 Å². The fourth-order valence-corrected chi connectivity index (χ4v) is 1.45. The van der Waals surface area contributed by atoms with Crippen molar-refractivity contribution in [3.63, 3.8) is 0 Å². The van der Waals surface area contributed by atoms with E-state index < -0.39 is 17.4 Å². The van der Waals surface area contributed by atoms with Gasteiger partial charge in [0, 0.05) is 12.4 Å². The van der Waals surface area contributed by atoms with Gasteiger partial charge in [-0.1, -0.05) is 0 Å². The van der Waals surface area contributed by atoms with Gasteiger partial charge in [0.05, 0.1) is 19.8 Å². The Balaban J connectivity index is 2.50. The number of hydrogen-bond acceptors (Lipinski definition) is 4. The second-order valence-corrected chi connectivity index (χ2v) is 4.86. The van der Waals surface area contributed by atoms with Crippen LogP contribution in [0.2, 0.25) is 0 Å². The van der Waals surface area contributed by atoms with E-state index in [2.05, 4.69) is 10.6 Å². The van der Waals surface area contributed by atoms with E-state index in [0.29, 0.717) is 12.4 Å². The summed E-state index contributed by atoms with van der Waals surface area (Å²) in [6, 6.07) is -0.397. The van der Waals surface area contributed by atoms with E-state index in [1.165, 1.54) is 0 Å². The van der Waals surface area contributed by atoms with E-state index in [9.17, 15) is 9.90 Å². The molecular weight excluding hydrogens is 248 g/mol. The highest BCUT2D eigenvalue weighted by Crippen LogP contribution is 2.23. The molecule has 17 heavy (non-hydrogen) atoms. The van der Waals surface area contributed by atoms with Crippen molar-refractivity contribution in [2.45, 2.75) is 25.2 Å². The average molecular weight is 267 g/mol. The van der Waals surface area contributed by atoms with Crippen molar-refractivity contribution in [3.8, 4) is 0 Å². The summed E-state index contributed by atoms with van der Waals surface area (Å²) in [5, 5.41) is 14.6. The van der Waals surface area contributed by atoms with Gasteiger partial charge in [0.15, 0.2) is 5.79 Å². The van der Waals surface area contributed by atoms with Crippen LogP contribution in [0.25, 0.3) is 0 Å². The minimum Gasteiger partial charge on any atom is -0.394 e. The maximum absolute atomic E-state index is 11.5. The van der Waals surface area contributed by atoms with E-state index in [1.54, 1.807) is 13.8 Å². The molecule has 1 aliphatic heterocycles. The summed E-state index contributed by atoms with van der Waals surface area (Å²) in [4.78, 5) is 11.5. The van der Waals surface area contributed by atoms with Crippen LogP contribution in [0.5, 0.6) is 0 Å². The molecule has 0 aromatic carbocycles. The molecule has 0 aromatic heterocycles. The highest BCUT2D eigenvalue weighted by molar-refractivity contribution is 6.18. The number of nitrogens with one attached hydrogen (secondary N) is 2. The Morgan fingerprint density at radius 2 is 2.00 bits per heavy atom. The van der Waals surface area contributed by atoms with Crippen LogP contribution in [-0.2, 0) is 9.47 Å². The monoisotopic (exact) mass is 266 g/mol. The number of carbonyl (C=O) groups is 1. The SMILES string of the molecule is CC1(C)OCC(CO)(NC(=O)NCCCl)CO1. The van der Waals surface area contributed by atoms with Gasteiger partial charge in [0.1, 0.15) is 5.54 Å². The van der Waals surface area contributed by atoms with E-state index in [4.69, 9.17) is 21.1 Å². The summed E-state index contributed by atoms with van der Waals surface area (Å²) < 4.78 is 10.9. The molecule has 1 aliphatic rings. The van der Waals surface area contributed by atoms with Gasteiger partial charge in [-0.15, -0.1) is 11.6 Å². The van der Waals surface area contributed by atoms with E-state index in [-0.39, 0.29) is 19.8 Å². The maximum Gasteiger partial charge on any atom is 0.315 e. The Hall–Kier alpha value is -0.560. The summed E-state index contributed by atoms with van der Waals surface area (Å²) >= 11 is 5.45. The fraction of sp³-hybridized carbons (Fsp3) is 0.900. The van der Waals surface area contributed by atoms with Crippen LogP contribution >= 0.6 is 11.6 Å². The van der Waals surface area contributed by atoms with Crippen LogP contribution < -0.4 is 10.6 Å². The Morgan fingerprint density at radius 3 is 2.47 bits per heavy atom. The molecule has 0 atom stereocenters. The van der Waals surface area contributed by atoms with Gasteiger partial charge in [-0.2, -0.15) is 0 Å². The standard InChI is InChI=1S/C10H19ClN2O4/c1-9(2)16-6-10(5-14,7-17-9)13-8(15)12-4-3-11/h14H,3-7H2,1-2H3,(H2,12,13,15). The Morgan fingerprint density at radius 1 is 1.41 bits per heavy atom. The van der Waals surface area contributed by atoms with E-state index in [1.807, 2.05) is 0 Å². The molecule has 7 heteroatoms. The van der Waals surface area contributed by atoms with Gasteiger partial charge in [0.25, 0.3) is 0 Å². The predicted octanol–water partition coefficient (Wildman–Crippen LogP) is 0.0384. The minimum atomic E-state index is -0.897. The summed E-state index contributed by atoms with van der Waals surface area (Å²) in [6.45, 7) is 4.07. The first kappa shape index (κ1) is 14.5. The molecule has 0 spiro atoms. The third-order valence-corrected chi connectivity index (χ3v) is 2.64. The van der Waals surface area contributed by atoms with Gasteiger partial charge >= 0.3 is 6.03 Å². The normalized spacial score (nSPS) is 21.9. The Kier molecular flexibility index (Phi) is 5.00. The summed E-state index contributed by atoms with van der Waals surface area (Å²) in [5.41, 5.74) is -0.897. The first-order valence-corrected chi connectivity index (χ1v) is 5.97. The molecule has 100 valence electrons. The van der Waals surface area contributed by atoms with E-state index in [0.717, 1.165) is 0 Å². The van der Waals surface area contributed by atoms with Gasteiger partial charge in [-0.25, -0.2) is 4.79 Å². The number of urea groups is 1. The van der Waals surface area contributed by atoms with Crippen molar-refractivity contribution in [1.29, 1.82) is 0 Å².